The summed E-state index contributed by atoms with van der Waals surface area (Å²) in [6.07, 6.45) is 8.19. The van der Waals surface area contributed by atoms with Gasteiger partial charge in [0.15, 0.2) is 5.82 Å². The van der Waals surface area contributed by atoms with Crippen LogP contribution >= 0.6 is 0 Å². The van der Waals surface area contributed by atoms with Gasteiger partial charge in [0.1, 0.15) is 11.5 Å². The van der Waals surface area contributed by atoms with E-state index in [1.165, 1.54) is 0 Å². The second-order valence-corrected chi connectivity index (χ2v) is 8.63. The quantitative estimate of drug-likeness (QED) is 0.669. The van der Waals surface area contributed by atoms with E-state index in [0.717, 1.165) is 31.5 Å². The van der Waals surface area contributed by atoms with Gasteiger partial charge in [0.05, 0.1) is 17.2 Å². The molecule has 1 saturated carbocycles. The maximum Gasteiger partial charge on any atom is 0.273 e. The summed E-state index contributed by atoms with van der Waals surface area (Å²) in [7, 11) is 0. The van der Waals surface area contributed by atoms with Gasteiger partial charge in [-0.2, -0.15) is 5.26 Å². The Morgan fingerprint density at radius 2 is 2.03 bits per heavy atom. The van der Waals surface area contributed by atoms with Crippen molar-refractivity contribution in [3.8, 4) is 17.5 Å². The number of nitrogens with one attached hydrogen (secondary N) is 1. The van der Waals surface area contributed by atoms with Gasteiger partial charge in [0.25, 0.3) is 5.91 Å². The van der Waals surface area contributed by atoms with Crippen molar-refractivity contribution in [3.05, 3.63) is 65.9 Å². The molecular weight excluding hydrogens is 402 g/mol. The first kappa shape index (κ1) is 20.1. The van der Waals surface area contributed by atoms with Crippen LogP contribution in [-0.4, -0.2) is 49.9 Å². The van der Waals surface area contributed by atoms with E-state index < -0.39 is 0 Å². The highest BCUT2D eigenvalue weighted by atomic mass is 16.2. The first-order chi connectivity index (χ1) is 15.6. The number of hydrogen-bond acceptors (Lipinski definition) is 7. The molecule has 1 amide bonds. The number of carbonyl (C=O) groups excluding carboxylic acids is 1. The Bertz CT molecular complexity index is 1200. The molecule has 1 saturated heterocycles. The average molecular weight is 425 g/mol. The summed E-state index contributed by atoms with van der Waals surface area (Å²) in [5.41, 5.74) is 2.59. The Labute approximate surface area is 186 Å². The minimum Gasteiger partial charge on any atom is -0.368 e. The lowest BCUT2D eigenvalue weighted by molar-refractivity contribution is 0.0732. The van der Waals surface area contributed by atoms with Crippen LogP contribution in [0, 0.1) is 23.7 Å². The third-order valence-electron chi connectivity index (χ3n) is 6.28. The zero-order chi connectivity index (χ0) is 22.1. The summed E-state index contributed by atoms with van der Waals surface area (Å²) in [6.45, 7) is 3.18. The van der Waals surface area contributed by atoms with E-state index in [9.17, 15) is 4.79 Å². The third kappa shape index (κ3) is 3.89. The van der Waals surface area contributed by atoms with Crippen LogP contribution in [0.1, 0.15) is 41.0 Å². The molecule has 8 nitrogen and oxygen atoms in total. The molecule has 8 heteroatoms. The number of carbonyl (C=O) groups is 1. The van der Waals surface area contributed by atoms with E-state index >= 15 is 0 Å². The number of rotatable bonds is 5. The van der Waals surface area contributed by atoms with Crippen LogP contribution in [0.2, 0.25) is 0 Å². The number of amides is 1. The highest BCUT2D eigenvalue weighted by Crippen LogP contribution is 2.55. The predicted octanol–water partition coefficient (Wildman–Crippen LogP) is 3.22. The van der Waals surface area contributed by atoms with Gasteiger partial charge in [-0.1, -0.05) is 0 Å². The molecule has 160 valence electrons. The molecular formula is C24H23N7O. The van der Waals surface area contributed by atoms with Crippen LogP contribution in [0.5, 0.6) is 0 Å². The van der Waals surface area contributed by atoms with Gasteiger partial charge in [-0.3, -0.25) is 4.79 Å². The lowest BCUT2D eigenvalue weighted by Gasteiger charge is -2.25. The number of hydrogen-bond donors (Lipinski definition) is 1. The minimum atomic E-state index is -0.0922. The Morgan fingerprint density at radius 1 is 1.22 bits per heavy atom. The molecule has 1 aliphatic carbocycles. The Balaban J connectivity index is 1.42. The summed E-state index contributed by atoms with van der Waals surface area (Å²) >= 11 is 0. The maximum absolute atomic E-state index is 13.8. The van der Waals surface area contributed by atoms with Crippen molar-refractivity contribution in [2.75, 3.05) is 18.4 Å². The SMILES string of the molecule is Cc1ccc(-c2ncccn2)c(C(=O)N2CC3(CC3)C[C@H]2CNc2cc(C#N)ccn2)n1. The topological polar surface area (TPSA) is 108 Å². The van der Waals surface area contributed by atoms with Crippen molar-refractivity contribution in [1.29, 1.82) is 5.26 Å². The first-order valence-corrected chi connectivity index (χ1v) is 10.7. The van der Waals surface area contributed by atoms with Crippen LogP contribution < -0.4 is 5.32 Å². The fourth-order valence-electron chi connectivity index (χ4n) is 4.42. The number of likely N-dealkylation sites (tertiary alicyclic amines) is 1. The Morgan fingerprint density at radius 3 is 2.78 bits per heavy atom. The lowest BCUT2D eigenvalue weighted by atomic mass is 10.0. The molecule has 1 aliphatic heterocycles. The molecule has 5 rings (SSSR count). The van der Waals surface area contributed by atoms with Crippen molar-refractivity contribution < 1.29 is 4.79 Å². The molecule has 4 heterocycles. The third-order valence-corrected chi connectivity index (χ3v) is 6.28. The minimum absolute atomic E-state index is 0.0180. The summed E-state index contributed by atoms with van der Waals surface area (Å²) in [4.78, 5) is 33.3. The largest absolute Gasteiger partial charge is 0.368 e. The summed E-state index contributed by atoms with van der Waals surface area (Å²) in [5.74, 6) is 1.04. The maximum atomic E-state index is 13.8. The molecule has 3 aromatic rings. The van der Waals surface area contributed by atoms with E-state index in [2.05, 4.69) is 31.3 Å². The standard InChI is InChI=1S/C24H23N7O/c1-16-3-4-19(22-27-8-2-9-28-22)21(30-16)23(32)31-15-24(6-7-24)12-18(31)14-29-20-11-17(13-25)5-10-26-20/h2-5,8-11,18H,6-7,12,14-15H2,1H3,(H,26,29)/t18-/m0/s1. The normalized spacial score (nSPS) is 18.4. The van der Waals surface area contributed by atoms with Crippen LogP contribution in [0.15, 0.2) is 48.9 Å². The van der Waals surface area contributed by atoms with Gasteiger partial charge in [-0.05, 0) is 61.9 Å². The summed E-state index contributed by atoms with van der Waals surface area (Å²) in [5, 5.41) is 12.4. The van der Waals surface area contributed by atoms with Crippen LogP contribution in [0.3, 0.4) is 0 Å². The van der Waals surface area contributed by atoms with Crippen LogP contribution in [0.25, 0.3) is 11.4 Å². The predicted molar refractivity (Wildman–Crippen MR) is 119 cm³/mol. The summed E-state index contributed by atoms with van der Waals surface area (Å²) < 4.78 is 0. The van der Waals surface area contributed by atoms with E-state index in [1.54, 1.807) is 36.8 Å². The fourth-order valence-corrected chi connectivity index (χ4v) is 4.42. The Kier molecular flexibility index (Phi) is 5.02. The molecule has 1 N–H and O–H groups in total. The summed E-state index contributed by atoms with van der Waals surface area (Å²) in [6, 6.07) is 11.0. The number of nitrogens with zero attached hydrogens (tertiary/aromatic N) is 6. The second kappa shape index (κ2) is 8.00. The van der Waals surface area contributed by atoms with E-state index in [-0.39, 0.29) is 17.4 Å². The molecule has 0 bridgehead atoms. The van der Waals surface area contributed by atoms with E-state index in [1.807, 2.05) is 24.0 Å². The molecule has 2 fully saturated rings. The van der Waals surface area contributed by atoms with Crippen molar-refractivity contribution >= 4 is 11.7 Å². The second-order valence-electron chi connectivity index (χ2n) is 8.63. The van der Waals surface area contributed by atoms with Gasteiger partial charge < -0.3 is 10.2 Å². The number of pyridine rings is 2. The molecule has 0 radical (unpaired) electrons. The Hall–Kier alpha value is -3.86. The highest BCUT2D eigenvalue weighted by molar-refractivity contribution is 5.98. The van der Waals surface area contributed by atoms with Gasteiger partial charge in [-0.15, -0.1) is 0 Å². The zero-order valence-electron chi connectivity index (χ0n) is 17.8. The monoisotopic (exact) mass is 425 g/mol. The van der Waals surface area contributed by atoms with Crippen molar-refractivity contribution in [3.63, 3.8) is 0 Å². The van der Waals surface area contributed by atoms with Crippen LogP contribution in [0.4, 0.5) is 5.82 Å². The van der Waals surface area contributed by atoms with Crippen molar-refractivity contribution in [2.24, 2.45) is 5.41 Å². The highest BCUT2D eigenvalue weighted by Gasteiger charge is 2.53. The van der Waals surface area contributed by atoms with E-state index in [4.69, 9.17) is 5.26 Å². The molecule has 1 spiro atoms. The molecule has 32 heavy (non-hydrogen) atoms. The molecule has 2 aliphatic rings. The number of anilines is 1. The van der Waals surface area contributed by atoms with Gasteiger partial charge in [0, 0.05) is 43.4 Å². The van der Waals surface area contributed by atoms with Gasteiger partial charge in [0.2, 0.25) is 0 Å². The molecule has 0 aromatic carbocycles. The van der Waals surface area contributed by atoms with Crippen molar-refractivity contribution in [1.82, 2.24) is 24.8 Å². The first-order valence-electron chi connectivity index (χ1n) is 10.7. The van der Waals surface area contributed by atoms with Gasteiger partial charge in [-0.25, -0.2) is 19.9 Å². The smallest absolute Gasteiger partial charge is 0.273 e. The van der Waals surface area contributed by atoms with E-state index in [0.29, 0.717) is 35.0 Å². The lowest BCUT2D eigenvalue weighted by Crippen LogP contribution is -2.40. The fraction of sp³-hybridized carbons (Fsp3) is 0.333. The van der Waals surface area contributed by atoms with Gasteiger partial charge >= 0.3 is 0 Å². The number of aromatic nitrogens is 4. The molecule has 1 atom stereocenters. The number of aryl methyl sites for hydroxylation is 1. The number of nitriles is 1. The van der Waals surface area contributed by atoms with Crippen molar-refractivity contribution in [2.45, 2.75) is 32.2 Å². The van der Waals surface area contributed by atoms with Crippen LogP contribution in [-0.2, 0) is 0 Å². The molecule has 3 aromatic heterocycles. The average Bonchev–Trinajstić information content (AvgIpc) is 3.49. The zero-order valence-corrected chi connectivity index (χ0v) is 17.8. The molecule has 0 unspecified atom stereocenters.